The Hall–Kier alpha value is -1.47. The van der Waals surface area contributed by atoms with E-state index in [0.29, 0.717) is 6.61 Å². The predicted molar refractivity (Wildman–Crippen MR) is 91.9 cm³/mol. The average molecular weight is 352 g/mol. The molecule has 1 aromatic rings. The molecule has 1 aliphatic heterocycles. The lowest BCUT2D eigenvalue weighted by Crippen LogP contribution is -2.39. The van der Waals surface area contributed by atoms with E-state index in [2.05, 4.69) is 0 Å². The Labute approximate surface area is 149 Å². The summed E-state index contributed by atoms with van der Waals surface area (Å²) in [6, 6.07) is 9.82. The number of methoxy groups -OCH3 is 2. The van der Waals surface area contributed by atoms with E-state index in [1.807, 2.05) is 51.1 Å². The van der Waals surface area contributed by atoms with Crippen LogP contribution in [-0.4, -0.2) is 51.4 Å². The topological polar surface area (TPSA) is 63.2 Å². The number of carbonyl (C=O) groups is 1. The van der Waals surface area contributed by atoms with Gasteiger partial charge in [-0.2, -0.15) is 0 Å². The van der Waals surface area contributed by atoms with Crippen LogP contribution in [0, 0.1) is 5.41 Å². The smallest absolute Gasteiger partial charge is 0.311 e. The van der Waals surface area contributed by atoms with Crippen LogP contribution >= 0.6 is 0 Å². The first kappa shape index (κ1) is 19.8. The van der Waals surface area contributed by atoms with Crippen LogP contribution in [0.15, 0.2) is 30.3 Å². The lowest BCUT2D eigenvalue weighted by molar-refractivity contribution is -0.186. The fourth-order valence-electron chi connectivity index (χ4n) is 2.62. The van der Waals surface area contributed by atoms with Gasteiger partial charge in [-0.15, -0.1) is 0 Å². The van der Waals surface area contributed by atoms with Gasteiger partial charge in [-0.3, -0.25) is 4.79 Å². The van der Waals surface area contributed by atoms with Gasteiger partial charge >= 0.3 is 5.97 Å². The molecule has 6 nitrogen and oxygen atoms in total. The molecule has 0 amide bonds. The molecule has 0 spiro atoms. The van der Waals surface area contributed by atoms with Gasteiger partial charge in [-0.1, -0.05) is 30.3 Å². The highest BCUT2D eigenvalue weighted by molar-refractivity contribution is 5.75. The second-order valence-corrected chi connectivity index (χ2v) is 7.09. The summed E-state index contributed by atoms with van der Waals surface area (Å²) in [6.07, 6.45) is -1.80. The second kappa shape index (κ2) is 8.76. The summed E-state index contributed by atoms with van der Waals surface area (Å²) in [5.41, 5.74) is 0.475. The molecule has 0 N–H and O–H groups in total. The highest BCUT2D eigenvalue weighted by Crippen LogP contribution is 2.28. The van der Waals surface area contributed by atoms with Crippen LogP contribution in [0.3, 0.4) is 0 Å². The quantitative estimate of drug-likeness (QED) is 0.703. The predicted octanol–water partition coefficient (Wildman–Crippen LogP) is 2.55. The third kappa shape index (κ3) is 5.25. The van der Waals surface area contributed by atoms with Crippen molar-refractivity contribution < 1.29 is 28.5 Å². The molecule has 0 aliphatic carbocycles. The molecule has 0 saturated carbocycles. The number of benzene rings is 1. The van der Waals surface area contributed by atoms with E-state index in [9.17, 15) is 4.79 Å². The minimum Gasteiger partial charge on any atom is -0.462 e. The molecule has 1 aromatic carbocycles. The number of rotatable bonds is 7. The van der Waals surface area contributed by atoms with Gasteiger partial charge in [0.1, 0.15) is 24.9 Å². The first-order valence-corrected chi connectivity index (χ1v) is 8.40. The van der Waals surface area contributed by atoms with Gasteiger partial charge in [-0.25, -0.2) is 0 Å². The summed E-state index contributed by atoms with van der Waals surface area (Å²) in [6.45, 7) is 5.92. The third-order valence-electron chi connectivity index (χ3n) is 4.06. The van der Waals surface area contributed by atoms with E-state index in [0.717, 1.165) is 5.56 Å². The van der Waals surface area contributed by atoms with Crippen molar-refractivity contribution in [1.29, 1.82) is 0 Å². The normalized spacial score (nSPS) is 26.6. The molecule has 2 rings (SSSR count). The highest BCUT2D eigenvalue weighted by Gasteiger charge is 2.47. The maximum absolute atomic E-state index is 12.0. The van der Waals surface area contributed by atoms with Crippen LogP contribution in [-0.2, 0) is 35.1 Å². The number of esters is 1. The number of carbonyl (C=O) groups excluding carboxylic acids is 1. The molecule has 1 heterocycles. The molecule has 0 unspecified atom stereocenters. The van der Waals surface area contributed by atoms with Gasteiger partial charge in [0, 0.05) is 14.2 Å². The van der Waals surface area contributed by atoms with Crippen LogP contribution in [0.25, 0.3) is 0 Å². The third-order valence-corrected chi connectivity index (χ3v) is 4.06. The molecule has 6 heteroatoms. The van der Waals surface area contributed by atoms with Gasteiger partial charge < -0.3 is 23.7 Å². The average Bonchev–Trinajstić information content (AvgIpc) is 2.94. The van der Waals surface area contributed by atoms with Gasteiger partial charge in [0.2, 0.25) is 0 Å². The second-order valence-electron chi connectivity index (χ2n) is 7.09. The molecular formula is C19H28O6. The van der Waals surface area contributed by atoms with Gasteiger partial charge in [-0.05, 0) is 26.3 Å². The van der Waals surface area contributed by atoms with E-state index in [1.54, 1.807) is 14.2 Å². The SMILES string of the molecule is CO[C@@H]1[C@@H](OC)[C@H](OCc2ccccc2)O[C@@H]1COC(=O)C(C)(C)C. The molecule has 0 aromatic heterocycles. The van der Waals surface area contributed by atoms with Crippen LogP contribution in [0.4, 0.5) is 0 Å². The lowest BCUT2D eigenvalue weighted by atomic mass is 9.97. The Balaban J connectivity index is 1.96. The zero-order chi connectivity index (χ0) is 18.4. The molecule has 0 bridgehead atoms. The molecule has 1 aliphatic rings. The van der Waals surface area contributed by atoms with E-state index in [4.69, 9.17) is 23.7 Å². The molecule has 4 atom stereocenters. The van der Waals surface area contributed by atoms with E-state index < -0.39 is 23.9 Å². The van der Waals surface area contributed by atoms with Crippen molar-refractivity contribution in [2.24, 2.45) is 5.41 Å². The molecule has 25 heavy (non-hydrogen) atoms. The first-order chi connectivity index (χ1) is 11.9. The standard InChI is InChI=1S/C19H28O6/c1-19(2,3)18(20)24-12-14-15(21-4)16(22-5)17(25-14)23-11-13-9-7-6-8-10-13/h6-10,14-17H,11-12H2,1-5H3/t14-,15+,16-,17-/m1/s1. The molecule has 1 fully saturated rings. The minimum absolute atomic E-state index is 0.0969. The number of ether oxygens (including phenoxy) is 5. The lowest BCUT2D eigenvalue weighted by Gasteiger charge is -2.22. The Kier molecular flexibility index (Phi) is 6.95. The van der Waals surface area contributed by atoms with Gasteiger partial charge in [0.15, 0.2) is 6.29 Å². The van der Waals surface area contributed by atoms with Crippen molar-refractivity contribution in [1.82, 2.24) is 0 Å². The van der Waals surface area contributed by atoms with Crippen molar-refractivity contribution in [3.05, 3.63) is 35.9 Å². The maximum Gasteiger partial charge on any atom is 0.311 e. The van der Waals surface area contributed by atoms with Crippen molar-refractivity contribution in [2.75, 3.05) is 20.8 Å². The summed E-state index contributed by atoms with van der Waals surface area (Å²) in [5.74, 6) is -0.284. The van der Waals surface area contributed by atoms with E-state index in [1.165, 1.54) is 0 Å². The van der Waals surface area contributed by atoms with Crippen molar-refractivity contribution in [2.45, 2.75) is 52.0 Å². The Morgan fingerprint density at radius 2 is 1.72 bits per heavy atom. The Morgan fingerprint density at radius 3 is 2.28 bits per heavy atom. The number of hydrogen-bond donors (Lipinski definition) is 0. The van der Waals surface area contributed by atoms with Crippen molar-refractivity contribution in [3.63, 3.8) is 0 Å². The Morgan fingerprint density at radius 1 is 1.08 bits per heavy atom. The summed E-state index contributed by atoms with van der Waals surface area (Å²) in [4.78, 5) is 12.0. The summed E-state index contributed by atoms with van der Waals surface area (Å²) < 4.78 is 28.1. The van der Waals surface area contributed by atoms with Gasteiger partial charge in [0.25, 0.3) is 0 Å². The summed E-state index contributed by atoms with van der Waals surface area (Å²) >= 11 is 0. The van der Waals surface area contributed by atoms with Gasteiger partial charge in [0.05, 0.1) is 12.0 Å². The first-order valence-electron chi connectivity index (χ1n) is 8.40. The number of hydrogen-bond acceptors (Lipinski definition) is 6. The van der Waals surface area contributed by atoms with Crippen LogP contribution < -0.4 is 0 Å². The summed E-state index contributed by atoms with van der Waals surface area (Å²) in [7, 11) is 3.17. The fraction of sp³-hybridized carbons (Fsp3) is 0.632. The van der Waals surface area contributed by atoms with E-state index in [-0.39, 0.29) is 18.7 Å². The monoisotopic (exact) mass is 352 g/mol. The molecule has 0 radical (unpaired) electrons. The fourth-order valence-corrected chi connectivity index (χ4v) is 2.62. The largest absolute Gasteiger partial charge is 0.462 e. The van der Waals surface area contributed by atoms with Crippen LogP contribution in [0.1, 0.15) is 26.3 Å². The van der Waals surface area contributed by atoms with Crippen LogP contribution in [0.5, 0.6) is 0 Å². The van der Waals surface area contributed by atoms with Crippen molar-refractivity contribution >= 4 is 5.97 Å². The zero-order valence-electron chi connectivity index (χ0n) is 15.6. The minimum atomic E-state index is -0.589. The maximum atomic E-state index is 12.0. The Bertz CT molecular complexity index is 539. The molecular weight excluding hydrogens is 324 g/mol. The zero-order valence-corrected chi connectivity index (χ0v) is 15.6. The van der Waals surface area contributed by atoms with E-state index >= 15 is 0 Å². The van der Waals surface area contributed by atoms with Crippen molar-refractivity contribution in [3.8, 4) is 0 Å². The van der Waals surface area contributed by atoms with Crippen LogP contribution in [0.2, 0.25) is 0 Å². The summed E-state index contributed by atoms with van der Waals surface area (Å²) in [5, 5.41) is 0. The molecule has 140 valence electrons. The molecule has 1 saturated heterocycles. The highest BCUT2D eigenvalue weighted by atomic mass is 16.7.